The third-order valence-corrected chi connectivity index (χ3v) is 5.32. The average Bonchev–Trinajstić information content (AvgIpc) is 3.45. The van der Waals surface area contributed by atoms with Crippen LogP contribution in [0.2, 0.25) is 0 Å². The molecule has 0 spiro atoms. The number of hydrogen-bond donors (Lipinski definition) is 0. The Labute approximate surface area is 157 Å². The van der Waals surface area contributed by atoms with E-state index in [0.717, 1.165) is 16.7 Å². The smallest absolute Gasteiger partial charge is 0.167 e. The second-order valence-corrected chi connectivity index (χ2v) is 7.05. The molecule has 1 aliphatic carbocycles. The number of benzene rings is 3. The van der Waals surface area contributed by atoms with Crippen molar-refractivity contribution < 1.29 is 14.0 Å². The molecule has 27 heavy (non-hydrogen) atoms. The molecule has 3 atom stereocenters. The van der Waals surface area contributed by atoms with Crippen LogP contribution in [-0.4, -0.2) is 11.6 Å². The van der Waals surface area contributed by atoms with Crippen LogP contribution in [0.1, 0.15) is 28.8 Å². The van der Waals surface area contributed by atoms with Gasteiger partial charge in [0.1, 0.15) is 11.6 Å². The molecule has 2 nitrogen and oxygen atoms in total. The van der Waals surface area contributed by atoms with Crippen LogP contribution in [-0.2, 0) is 4.79 Å². The van der Waals surface area contributed by atoms with Crippen LogP contribution >= 0.6 is 0 Å². The molecule has 0 N–H and O–H groups in total. The van der Waals surface area contributed by atoms with E-state index in [1.54, 1.807) is 0 Å². The monoisotopic (exact) mass is 358 g/mol. The third kappa shape index (κ3) is 3.33. The minimum absolute atomic E-state index is 0.0209. The Morgan fingerprint density at radius 1 is 0.741 bits per heavy atom. The van der Waals surface area contributed by atoms with E-state index in [-0.39, 0.29) is 35.1 Å². The van der Waals surface area contributed by atoms with Gasteiger partial charge in [0, 0.05) is 23.3 Å². The predicted molar refractivity (Wildman–Crippen MR) is 103 cm³/mol. The van der Waals surface area contributed by atoms with Gasteiger partial charge in [-0.1, -0.05) is 54.6 Å². The van der Waals surface area contributed by atoms with Crippen molar-refractivity contribution in [2.24, 2.45) is 11.8 Å². The Bertz CT molecular complexity index is 975. The van der Waals surface area contributed by atoms with Gasteiger partial charge in [-0.15, -0.1) is 0 Å². The van der Waals surface area contributed by atoms with Gasteiger partial charge < -0.3 is 0 Å². The molecule has 1 fully saturated rings. The minimum Gasteiger partial charge on any atom is -0.300 e. The molecule has 0 bridgehead atoms. The van der Waals surface area contributed by atoms with E-state index in [1.165, 1.54) is 31.2 Å². The summed E-state index contributed by atoms with van der Waals surface area (Å²) in [6.45, 7) is 1.54. The highest BCUT2D eigenvalue weighted by Crippen LogP contribution is 2.56. The topological polar surface area (TPSA) is 34.1 Å². The number of rotatable bonds is 5. The Balaban J connectivity index is 1.59. The normalized spacial score (nSPS) is 20.9. The molecule has 0 radical (unpaired) electrons. The van der Waals surface area contributed by atoms with Gasteiger partial charge >= 0.3 is 0 Å². The van der Waals surface area contributed by atoms with Crippen LogP contribution in [0.5, 0.6) is 0 Å². The van der Waals surface area contributed by atoms with Crippen molar-refractivity contribution in [3.05, 3.63) is 95.8 Å². The first-order valence-corrected chi connectivity index (χ1v) is 9.02. The van der Waals surface area contributed by atoms with Crippen LogP contribution < -0.4 is 0 Å². The van der Waals surface area contributed by atoms with Crippen LogP contribution in [0.4, 0.5) is 4.39 Å². The van der Waals surface area contributed by atoms with Gasteiger partial charge in [0.2, 0.25) is 0 Å². The van der Waals surface area contributed by atoms with Gasteiger partial charge in [0.15, 0.2) is 5.78 Å². The molecule has 0 amide bonds. The summed E-state index contributed by atoms with van der Waals surface area (Å²) in [7, 11) is 0. The molecule has 4 rings (SSSR count). The summed E-state index contributed by atoms with van der Waals surface area (Å²) in [5.74, 6) is -1.22. The maximum Gasteiger partial charge on any atom is 0.167 e. The standard InChI is InChI=1S/C24H19FO2/c1-15(26)21-22(23(21)24(27)19-11-13-20(25)14-12-19)18-9-7-17(8-10-18)16-5-3-2-4-6-16/h2-14,21-23H,1H3/t21-,22-,23-/m0/s1. The molecule has 3 aromatic carbocycles. The van der Waals surface area contributed by atoms with Gasteiger partial charge in [0.25, 0.3) is 0 Å². The van der Waals surface area contributed by atoms with E-state index in [0.29, 0.717) is 5.56 Å². The summed E-state index contributed by atoms with van der Waals surface area (Å²) in [5.41, 5.74) is 3.68. The highest BCUT2D eigenvalue weighted by Gasteiger charge is 2.57. The summed E-state index contributed by atoms with van der Waals surface area (Å²) >= 11 is 0. The number of ketones is 2. The van der Waals surface area contributed by atoms with Gasteiger partial charge in [-0.2, -0.15) is 0 Å². The first-order valence-electron chi connectivity index (χ1n) is 9.02. The molecule has 0 heterocycles. The largest absolute Gasteiger partial charge is 0.300 e. The van der Waals surface area contributed by atoms with Crippen LogP contribution in [0.3, 0.4) is 0 Å². The zero-order valence-electron chi connectivity index (χ0n) is 14.9. The van der Waals surface area contributed by atoms with Crippen LogP contribution in [0.15, 0.2) is 78.9 Å². The number of hydrogen-bond acceptors (Lipinski definition) is 2. The molecule has 3 heteroatoms. The van der Waals surface area contributed by atoms with Gasteiger partial charge in [-0.25, -0.2) is 4.39 Å². The zero-order valence-corrected chi connectivity index (χ0v) is 14.9. The summed E-state index contributed by atoms with van der Waals surface area (Å²) < 4.78 is 13.1. The van der Waals surface area contributed by atoms with Crippen molar-refractivity contribution in [2.75, 3.05) is 0 Å². The number of carbonyl (C=O) groups is 2. The fourth-order valence-corrected chi connectivity index (χ4v) is 3.89. The van der Waals surface area contributed by atoms with Crippen molar-refractivity contribution >= 4 is 11.6 Å². The molecular weight excluding hydrogens is 339 g/mol. The van der Waals surface area contributed by atoms with E-state index in [9.17, 15) is 14.0 Å². The molecule has 134 valence electrons. The first kappa shape index (κ1) is 17.3. The highest BCUT2D eigenvalue weighted by atomic mass is 19.1. The lowest BCUT2D eigenvalue weighted by molar-refractivity contribution is -0.118. The predicted octanol–water partition coefficient (Wildman–Crippen LogP) is 5.29. The number of halogens is 1. The molecule has 0 unspecified atom stereocenters. The summed E-state index contributed by atoms with van der Waals surface area (Å²) in [4.78, 5) is 24.9. The Morgan fingerprint density at radius 2 is 1.33 bits per heavy atom. The minimum atomic E-state index is -0.376. The molecule has 0 aliphatic heterocycles. The fraction of sp³-hybridized carbons (Fsp3) is 0.167. The molecule has 0 aromatic heterocycles. The molecular formula is C24H19FO2. The second-order valence-electron chi connectivity index (χ2n) is 7.05. The first-order chi connectivity index (χ1) is 13.1. The average molecular weight is 358 g/mol. The quantitative estimate of drug-likeness (QED) is 0.581. The molecule has 0 saturated heterocycles. The zero-order chi connectivity index (χ0) is 19.0. The van der Waals surface area contributed by atoms with Crippen LogP contribution in [0, 0.1) is 17.7 Å². The number of carbonyl (C=O) groups excluding carboxylic acids is 2. The fourth-order valence-electron chi connectivity index (χ4n) is 3.89. The SMILES string of the molecule is CC(=O)[C@@H]1[C@H](C(=O)c2ccc(F)cc2)[C@H]1c1ccc(-c2ccccc2)cc1. The van der Waals surface area contributed by atoms with E-state index in [4.69, 9.17) is 0 Å². The summed E-state index contributed by atoms with van der Waals surface area (Å²) in [6, 6.07) is 23.7. The Hall–Kier alpha value is -3.07. The maximum absolute atomic E-state index is 13.1. The van der Waals surface area contributed by atoms with Crippen molar-refractivity contribution in [1.29, 1.82) is 0 Å². The van der Waals surface area contributed by atoms with E-state index in [2.05, 4.69) is 0 Å². The van der Waals surface area contributed by atoms with E-state index >= 15 is 0 Å². The lowest BCUT2D eigenvalue weighted by atomic mass is 10.00. The highest BCUT2D eigenvalue weighted by molar-refractivity contribution is 6.05. The molecule has 3 aromatic rings. The van der Waals surface area contributed by atoms with Crippen molar-refractivity contribution in [2.45, 2.75) is 12.8 Å². The lowest BCUT2D eigenvalue weighted by Gasteiger charge is -2.05. The summed E-state index contributed by atoms with van der Waals surface area (Å²) in [6.07, 6.45) is 0. The van der Waals surface area contributed by atoms with Gasteiger partial charge in [-0.3, -0.25) is 9.59 Å². The third-order valence-electron chi connectivity index (χ3n) is 5.32. The lowest BCUT2D eigenvalue weighted by Crippen LogP contribution is -2.06. The summed E-state index contributed by atoms with van der Waals surface area (Å²) in [5, 5.41) is 0. The molecule has 1 aliphatic rings. The second kappa shape index (κ2) is 6.92. The van der Waals surface area contributed by atoms with E-state index < -0.39 is 0 Å². The number of Topliss-reactive ketones (excluding diaryl/α,β-unsaturated/α-hetero) is 2. The Kier molecular flexibility index (Phi) is 4.44. The van der Waals surface area contributed by atoms with E-state index in [1.807, 2.05) is 54.6 Å². The van der Waals surface area contributed by atoms with Crippen molar-refractivity contribution in [1.82, 2.24) is 0 Å². The Morgan fingerprint density at radius 3 is 1.93 bits per heavy atom. The molecule has 1 saturated carbocycles. The van der Waals surface area contributed by atoms with Crippen molar-refractivity contribution in [3.63, 3.8) is 0 Å². The van der Waals surface area contributed by atoms with Crippen molar-refractivity contribution in [3.8, 4) is 11.1 Å². The van der Waals surface area contributed by atoms with Gasteiger partial charge in [0.05, 0.1) is 0 Å². The maximum atomic E-state index is 13.1. The van der Waals surface area contributed by atoms with Crippen LogP contribution in [0.25, 0.3) is 11.1 Å². The van der Waals surface area contributed by atoms with Gasteiger partial charge in [-0.05, 0) is 47.9 Å².